The molecule has 0 spiro atoms. The third-order valence-electron chi connectivity index (χ3n) is 6.29. The summed E-state index contributed by atoms with van der Waals surface area (Å²) in [6.45, 7) is 3.55. The molecule has 0 saturated heterocycles. The maximum atomic E-state index is 13.9. The average molecular weight is 505 g/mol. The molecule has 2 N–H and O–H groups in total. The maximum absolute atomic E-state index is 13.9. The number of nitrogens with one attached hydrogen (secondary N) is 1. The lowest BCUT2D eigenvalue weighted by Crippen LogP contribution is -2.18. The third kappa shape index (κ3) is 4.04. The Balaban J connectivity index is 1.68. The van der Waals surface area contributed by atoms with Crippen LogP contribution in [0.3, 0.4) is 0 Å². The van der Waals surface area contributed by atoms with E-state index in [2.05, 4.69) is 20.3 Å². The van der Waals surface area contributed by atoms with Gasteiger partial charge in [0.2, 0.25) is 5.91 Å². The zero-order chi connectivity index (χ0) is 26.0. The van der Waals surface area contributed by atoms with E-state index in [0.29, 0.717) is 40.4 Å². The van der Waals surface area contributed by atoms with Crippen LogP contribution in [0.5, 0.6) is 0 Å². The quantitative estimate of drug-likeness (QED) is 0.359. The van der Waals surface area contributed by atoms with Crippen molar-refractivity contribution < 1.29 is 31.9 Å². The minimum absolute atomic E-state index is 0.0132. The molecule has 0 bridgehead atoms. The molecular weight excluding hydrogens is 485 g/mol. The number of hydrogen-bond donors (Lipinski definition) is 2. The number of carbonyl (C=O) groups excluding carboxylic acids is 1. The topological polar surface area (TPSA) is 92.4 Å². The molecule has 1 saturated carbocycles. The summed E-state index contributed by atoms with van der Waals surface area (Å²) >= 11 is 0. The van der Waals surface area contributed by atoms with Gasteiger partial charge in [0.1, 0.15) is 23.1 Å². The van der Waals surface area contributed by atoms with E-state index in [1.165, 1.54) is 18.5 Å². The lowest BCUT2D eigenvalue weighted by atomic mass is 10.0. The SMILES string of the molecule is CCC(O)c1cc(C)c(-c2cc3cnc(NC(=O)C4CC4(F)F)cc3n3c(C(F)(F)F)cnc23)cn1. The number of fused-ring (bicyclic) bond motifs is 3. The molecule has 4 heterocycles. The summed E-state index contributed by atoms with van der Waals surface area (Å²) in [4.78, 5) is 24.4. The fourth-order valence-electron chi connectivity index (χ4n) is 4.19. The van der Waals surface area contributed by atoms with Gasteiger partial charge in [-0.2, -0.15) is 13.2 Å². The van der Waals surface area contributed by atoms with Crippen molar-refractivity contribution in [3.63, 3.8) is 0 Å². The van der Waals surface area contributed by atoms with Crippen LogP contribution in [0.4, 0.5) is 27.8 Å². The van der Waals surface area contributed by atoms with Crippen LogP contribution in [0.15, 0.2) is 36.8 Å². The summed E-state index contributed by atoms with van der Waals surface area (Å²) in [6, 6.07) is 4.47. The summed E-state index contributed by atoms with van der Waals surface area (Å²) in [5.74, 6) is -5.67. The van der Waals surface area contributed by atoms with E-state index in [4.69, 9.17) is 0 Å². The van der Waals surface area contributed by atoms with Crippen molar-refractivity contribution >= 4 is 28.3 Å². The lowest BCUT2D eigenvalue weighted by molar-refractivity contribution is -0.141. The lowest BCUT2D eigenvalue weighted by Gasteiger charge is -2.15. The van der Waals surface area contributed by atoms with Gasteiger partial charge < -0.3 is 10.4 Å². The molecule has 4 aromatic heterocycles. The molecule has 1 aliphatic rings. The van der Waals surface area contributed by atoms with Gasteiger partial charge in [-0.1, -0.05) is 6.92 Å². The van der Waals surface area contributed by atoms with Crippen LogP contribution in [-0.4, -0.2) is 36.3 Å². The number of aliphatic hydroxyl groups excluding tert-OH is 1. The van der Waals surface area contributed by atoms with Crippen molar-refractivity contribution in [3.8, 4) is 11.1 Å². The number of halogens is 5. The second kappa shape index (κ2) is 8.19. The molecule has 2 unspecified atom stereocenters. The van der Waals surface area contributed by atoms with Crippen LogP contribution in [-0.2, 0) is 11.0 Å². The second-order valence-corrected chi connectivity index (χ2v) is 8.84. The number of nitrogens with zero attached hydrogens (tertiary/aromatic N) is 4. The van der Waals surface area contributed by atoms with Gasteiger partial charge in [-0.3, -0.25) is 14.2 Å². The van der Waals surface area contributed by atoms with Crippen LogP contribution in [0.2, 0.25) is 0 Å². The van der Waals surface area contributed by atoms with Crippen LogP contribution < -0.4 is 5.32 Å². The van der Waals surface area contributed by atoms with Crippen LogP contribution >= 0.6 is 0 Å². The highest BCUT2D eigenvalue weighted by Crippen LogP contribution is 2.49. The molecule has 7 nitrogen and oxygen atoms in total. The van der Waals surface area contributed by atoms with Gasteiger partial charge in [0.25, 0.3) is 5.92 Å². The van der Waals surface area contributed by atoms with Gasteiger partial charge in [-0.15, -0.1) is 0 Å². The summed E-state index contributed by atoms with van der Waals surface area (Å²) in [5.41, 5.74) is 0.963. The summed E-state index contributed by atoms with van der Waals surface area (Å²) in [7, 11) is 0. The van der Waals surface area contributed by atoms with Crippen molar-refractivity contribution in [2.75, 3.05) is 5.32 Å². The molecule has 2 atom stereocenters. The number of anilines is 1. The van der Waals surface area contributed by atoms with E-state index in [1.807, 2.05) is 0 Å². The number of alkyl halides is 5. The Bertz CT molecular complexity index is 1510. The van der Waals surface area contributed by atoms with Gasteiger partial charge in [-0.05, 0) is 31.0 Å². The Morgan fingerprint density at radius 3 is 2.50 bits per heavy atom. The summed E-state index contributed by atoms with van der Waals surface area (Å²) in [6.07, 6.45) is -2.21. The molecule has 0 aliphatic heterocycles. The second-order valence-electron chi connectivity index (χ2n) is 8.84. The molecule has 1 fully saturated rings. The number of pyridine rings is 3. The molecule has 5 rings (SSSR count). The number of rotatable bonds is 5. The predicted molar refractivity (Wildman–Crippen MR) is 120 cm³/mol. The van der Waals surface area contributed by atoms with Gasteiger partial charge >= 0.3 is 6.18 Å². The predicted octanol–water partition coefficient (Wildman–Crippen LogP) is 5.31. The number of aromatic nitrogens is 4. The zero-order valence-corrected chi connectivity index (χ0v) is 19.1. The molecule has 4 aromatic rings. The maximum Gasteiger partial charge on any atom is 0.433 e. The highest BCUT2D eigenvalue weighted by Gasteiger charge is 2.61. The summed E-state index contributed by atoms with van der Waals surface area (Å²) in [5, 5.41) is 12.7. The standard InChI is InChI=1S/C24H20F5N5O2/c1-3-18(35)16-4-11(2)14(9-30-16)13-5-12-8-31-20(33-22(36)15-7-23(15,25)26)6-17(12)34-19(24(27,28)29)10-32-21(13)34/h4-6,8-10,15,18,35H,3,7H2,1-2H3,(H,31,33,36). The highest BCUT2D eigenvalue weighted by atomic mass is 19.4. The van der Waals surface area contributed by atoms with Crippen molar-refractivity contribution in [1.82, 2.24) is 19.4 Å². The first kappa shape index (κ1) is 24.0. The van der Waals surface area contributed by atoms with Crippen molar-refractivity contribution in [2.45, 2.75) is 44.9 Å². The number of imidazole rings is 1. The van der Waals surface area contributed by atoms with Gasteiger partial charge in [-0.25, -0.2) is 18.7 Å². The average Bonchev–Trinajstić information content (AvgIpc) is 3.24. The Labute approximate surface area is 201 Å². The molecule has 12 heteroatoms. The third-order valence-corrected chi connectivity index (χ3v) is 6.29. The Kier molecular flexibility index (Phi) is 5.47. The number of amides is 1. The first-order chi connectivity index (χ1) is 16.9. The van der Waals surface area contributed by atoms with Crippen molar-refractivity contribution in [3.05, 3.63) is 53.7 Å². The molecule has 1 amide bonds. The first-order valence-electron chi connectivity index (χ1n) is 11.1. The van der Waals surface area contributed by atoms with Gasteiger partial charge in [0, 0.05) is 41.4 Å². The molecular formula is C24H20F5N5O2. The van der Waals surface area contributed by atoms with Gasteiger partial charge in [0.15, 0.2) is 0 Å². The monoisotopic (exact) mass is 505 g/mol. The van der Waals surface area contributed by atoms with Crippen LogP contribution in [0.25, 0.3) is 27.7 Å². The van der Waals surface area contributed by atoms with Gasteiger partial charge in [0.05, 0.1) is 23.5 Å². The minimum atomic E-state index is -4.75. The molecule has 188 valence electrons. The molecule has 0 aromatic carbocycles. The normalized spacial score (nSPS) is 17.9. The molecule has 1 aliphatic carbocycles. The summed E-state index contributed by atoms with van der Waals surface area (Å²) < 4.78 is 69.1. The molecule has 36 heavy (non-hydrogen) atoms. The molecule has 0 radical (unpaired) electrons. The Morgan fingerprint density at radius 1 is 1.17 bits per heavy atom. The fraction of sp³-hybridized carbons (Fsp3) is 0.333. The number of carbonyl (C=O) groups is 1. The zero-order valence-electron chi connectivity index (χ0n) is 19.1. The van der Waals surface area contributed by atoms with E-state index in [9.17, 15) is 31.9 Å². The first-order valence-corrected chi connectivity index (χ1v) is 11.1. The number of aliphatic hydroxyl groups is 1. The Morgan fingerprint density at radius 2 is 1.89 bits per heavy atom. The largest absolute Gasteiger partial charge is 0.433 e. The smallest absolute Gasteiger partial charge is 0.387 e. The van der Waals surface area contributed by atoms with E-state index in [1.54, 1.807) is 26.0 Å². The van der Waals surface area contributed by atoms with Crippen LogP contribution in [0.1, 0.15) is 42.8 Å². The fourth-order valence-corrected chi connectivity index (χ4v) is 4.19. The number of aryl methyl sites for hydroxylation is 1. The van der Waals surface area contributed by atoms with E-state index >= 15 is 0 Å². The van der Waals surface area contributed by atoms with Crippen molar-refractivity contribution in [2.24, 2.45) is 5.92 Å². The Hall–Kier alpha value is -3.67. The van der Waals surface area contributed by atoms with Crippen molar-refractivity contribution in [1.29, 1.82) is 0 Å². The van der Waals surface area contributed by atoms with E-state index in [0.717, 1.165) is 4.40 Å². The van der Waals surface area contributed by atoms with E-state index < -0.39 is 42.1 Å². The minimum Gasteiger partial charge on any atom is -0.387 e. The van der Waals surface area contributed by atoms with Crippen LogP contribution in [0, 0.1) is 12.8 Å². The highest BCUT2D eigenvalue weighted by molar-refractivity contribution is 5.97. The number of hydrogen-bond acceptors (Lipinski definition) is 5. The van der Waals surface area contributed by atoms with E-state index in [-0.39, 0.29) is 17.0 Å².